The molecule has 1 fully saturated rings. The van der Waals surface area contributed by atoms with Gasteiger partial charge in [0, 0.05) is 0 Å². The predicted molar refractivity (Wildman–Crippen MR) is 101 cm³/mol. The van der Waals surface area contributed by atoms with Crippen molar-refractivity contribution in [1.82, 2.24) is 5.32 Å². The third-order valence-corrected chi connectivity index (χ3v) is 5.05. The normalized spacial score (nSPS) is 17.2. The Morgan fingerprint density at radius 3 is 2.50 bits per heavy atom. The molecule has 2 amide bonds. The lowest BCUT2D eigenvalue weighted by Gasteiger charge is -2.16. The van der Waals surface area contributed by atoms with Gasteiger partial charge in [0.15, 0.2) is 5.37 Å². The van der Waals surface area contributed by atoms with E-state index >= 15 is 0 Å². The first-order valence-corrected chi connectivity index (χ1v) is 8.78. The summed E-state index contributed by atoms with van der Waals surface area (Å²) >= 11 is 6.50. The molecule has 1 aliphatic heterocycles. The van der Waals surface area contributed by atoms with E-state index in [1.165, 1.54) is 16.7 Å². The van der Waals surface area contributed by atoms with Crippen molar-refractivity contribution in [2.45, 2.75) is 18.7 Å². The molecule has 1 aliphatic rings. The van der Waals surface area contributed by atoms with Gasteiger partial charge in [-0.3, -0.25) is 14.5 Å². The molecule has 1 unspecified atom stereocenters. The summed E-state index contributed by atoms with van der Waals surface area (Å²) in [4.78, 5) is 26.2. The highest BCUT2D eigenvalue weighted by atomic mass is 32.2. The standard InChI is InChI=1S/C18H16N2O2S2/c1-12-7-9-14(10-8-12)20-17(22)16(24-18(20)23)19-15(21)11-13-5-3-2-4-6-13/h2-10,16H,11H2,1H3,(H,19,21). The molecule has 24 heavy (non-hydrogen) atoms. The smallest absolute Gasteiger partial charge is 0.266 e. The minimum absolute atomic E-state index is 0.194. The molecular formula is C18H16N2O2S2. The Morgan fingerprint density at radius 1 is 1.17 bits per heavy atom. The summed E-state index contributed by atoms with van der Waals surface area (Å²) < 4.78 is 0.453. The van der Waals surface area contributed by atoms with Crippen LogP contribution >= 0.6 is 24.0 Å². The molecule has 2 aromatic carbocycles. The first-order valence-electron chi connectivity index (χ1n) is 7.49. The maximum absolute atomic E-state index is 12.6. The Morgan fingerprint density at radius 2 is 1.83 bits per heavy atom. The van der Waals surface area contributed by atoms with Crippen molar-refractivity contribution in [2.24, 2.45) is 0 Å². The molecule has 1 saturated heterocycles. The number of rotatable bonds is 4. The van der Waals surface area contributed by atoms with Gasteiger partial charge in [-0.05, 0) is 24.6 Å². The number of nitrogens with one attached hydrogen (secondary N) is 1. The zero-order chi connectivity index (χ0) is 17.1. The fraction of sp³-hybridized carbons (Fsp3) is 0.167. The highest BCUT2D eigenvalue weighted by Crippen LogP contribution is 2.31. The zero-order valence-corrected chi connectivity index (χ0v) is 14.7. The Hall–Kier alpha value is -2.18. The van der Waals surface area contributed by atoms with Gasteiger partial charge < -0.3 is 5.32 Å². The van der Waals surface area contributed by atoms with Crippen LogP contribution in [0.1, 0.15) is 11.1 Å². The van der Waals surface area contributed by atoms with E-state index in [1.807, 2.05) is 61.5 Å². The number of hydrogen-bond donors (Lipinski definition) is 1. The number of hydrogen-bond acceptors (Lipinski definition) is 4. The van der Waals surface area contributed by atoms with Crippen LogP contribution in [0.3, 0.4) is 0 Å². The summed E-state index contributed by atoms with van der Waals surface area (Å²) in [7, 11) is 0. The highest BCUT2D eigenvalue weighted by Gasteiger charge is 2.38. The monoisotopic (exact) mass is 356 g/mol. The topological polar surface area (TPSA) is 49.4 Å². The van der Waals surface area contributed by atoms with E-state index in [0.29, 0.717) is 4.32 Å². The maximum atomic E-state index is 12.6. The van der Waals surface area contributed by atoms with E-state index in [9.17, 15) is 9.59 Å². The molecule has 0 saturated carbocycles. The average Bonchev–Trinajstić information content (AvgIpc) is 2.83. The van der Waals surface area contributed by atoms with Gasteiger partial charge in [0.05, 0.1) is 12.1 Å². The second kappa shape index (κ2) is 7.15. The average molecular weight is 356 g/mol. The number of nitrogens with zero attached hydrogens (tertiary/aromatic N) is 1. The molecule has 4 nitrogen and oxygen atoms in total. The minimum Gasteiger partial charge on any atom is -0.335 e. The van der Waals surface area contributed by atoms with Gasteiger partial charge >= 0.3 is 0 Å². The van der Waals surface area contributed by atoms with Gasteiger partial charge in [0.1, 0.15) is 4.32 Å². The van der Waals surface area contributed by atoms with Crippen LogP contribution in [0.25, 0.3) is 0 Å². The molecule has 1 atom stereocenters. The Bertz CT molecular complexity index is 775. The number of thiocarbonyl (C=S) groups is 1. The van der Waals surface area contributed by atoms with Crippen LogP contribution in [0.2, 0.25) is 0 Å². The lowest BCUT2D eigenvalue weighted by Crippen LogP contribution is -2.41. The largest absolute Gasteiger partial charge is 0.335 e. The number of anilines is 1. The molecule has 1 heterocycles. The van der Waals surface area contributed by atoms with Crippen molar-refractivity contribution >= 4 is 45.8 Å². The number of thioether (sulfide) groups is 1. The van der Waals surface area contributed by atoms with Crippen LogP contribution in [0.4, 0.5) is 5.69 Å². The SMILES string of the molecule is Cc1ccc(N2C(=O)C(NC(=O)Cc3ccccc3)SC2=S)cc1. The number of carbonyl (C=O) groups excluding carboxylic acids is 2. The van der Waals surface area contributed by atoms with Crippen LogP contribution in [-0.4, -0.2) is 21.5 Å². The zero-order valence-electron chi connectivity index (χ0n) is 13.1. The molecule has 2 aromatic rings. The van der Waals surface area contributed by atoms with Crippen LogP contribution < -0.4 is 10.2 Å². The first-order chi connectivity index (χ1) is 11.5. The number of aryl methyl sites for hydroxylation is 1. The summed E-state index contributed by atoms with van der Waals surface area (Å²) in [5.41, 5.74) is 2.74. The highest BCUT2D eigenvalue weighted by molar-refractivity contribution is 8.25. The van der Waals surface area contributed by atoms with E-state index in [-0.39, 0.29) is 18.2 Å². The van der Waals surface area contributed by atoms with Crippen molar-refractivity contribution in [2.75, 3.05) is 4.90 Å². The van der Waals surface area contributed by atoms with E-state index in [0.717, 1.165) is 16.8 Å². The van der Waals surface area contributed by atoms with Crippen molar-refractivity contribution in [3.05, 3.63) is 65.7 Å². The molecule has 122 valence electrons. The summed E-state index contributed by atoms with van der Waals surface area (Å²) in [6.45, 7) is 1.98. The van der Waals surface area contributed by atoms with Crippen molar-refractivity contribution in [3.63, 3.8) is 0 Å². The summed E-state index contributed by atoms with van der Waals surface area (Å²) in [5, 5.41) is 2.09. The van der Waals surface area contributed by atoms with Crippen molar-refractivity contribution in [1.29, 1.82) is 0 Å². The van der Waals surface area contributed by atoms with Gasteiger partial charge in [0.25, 0.3) is 5.91 Å². The maximum Gasteiger partial charge on any atom is 0.266 e. The molecule has 0 aliphatic carbocycles. The third-order valence-electron chi connectivity index (χ3n) is 3.64. The second-order valence-corrected chi connectivity index (χ2v) is 7.24. The van der Waals surface area contributed by atoms with E-state index in [4.69, 9.17) is 12.2 Å². The Kier molecular flexibility index (Phi) is 4.97. The van der Waals surface area contributed by atoms with Gasteiger partial charge in [-0.15, -0.1) is 0 Å². The van der Waals surface area contributed by atoms with Gasteiger partial charge in [-0.25, -0.2) is 0 Å². The number of benzene rings is 2. The number of carbonyl (C=O) groups is 2. The van der Waals surface area contributed by atoms with E-state index in [2.05, 4.69) is 5.32 Å². The van der Waals surface area contributed by atoms with Crippen LogP contribution in [0, 0.1) is 6.92 Å². The van der Waals surface area contributed by atoms with Crippen LogP contribution in [0.5, 0.6) is 0 Å². The fourth-order valence-corrected chi connectivity index (χ4v) is 3.79. The van der Waals surface area contributed by atoms with Crippen molar-refractivity contribution < 1.29 is 9.59 Å². The second-order valence-electron chi connectivity index (χ2n) is 5.50. The van der Waals surface area contributed by atoms with Crippen molar-refractivity contribution in [3.8, 4) is 0 Å². The molecule has 0 radical (unpaired) electrons. The van der Waals surface area contributed by atoms with Crippen LogP contribution in [0.15, 0.2) is 54.6 Å². The quantitative estimate of drug-likeness (QED) is 0.856. The summed E-state index contributed by atoms with van der Waals surface area (Å²) in [5.74, 6) is -0.407. The summed E-state index contributed by atoms with van der Waals surface area (Å²) in [6.07, 6.45) is 0.239. The minimum atomic E-state index is -0.671. The van der Waals surface area contributed by atoms with Gasteiger partial charge in [-0.1, -0.05) is 72.0 Å². The molecule has 0 spiro atoms. The van der Waals surface area contributed by atoms with Crippen LogP contribution in [-0.2, 0) is 16.0 Å². The Balaban J connectivity index is 1.67. The lowest BCUT2D eigenvalue weighted by molar-refractivity contribution is -0.124. The molecular weight excluding hydrogens is 340 g/mol. The lowest BCUT2D eigenvalue weighted by atomic mass is 10.1. The Labute approximate surface area is 150 Å². The van der Waals surface area contributed by atoms with E-state index < -0.39 is 5.37 Å². The molecule has 1 N–H and O–H groups in total. The molecule has 0 aromatic heterocycles. The predicted octanol–water partition coefficient (Wildman–Crippen LogP) is 3.04. The fourth-order valence-electron chi connectivity index (χ4n) is 2.41. The molecule has 0 bridgehead atoms. The van der Waals surface area contributed by atoms with E-state index in [1.54, 1.807) is 0 Å². The molecule has 6 heteroatoms. The molecule has 3 rings (SSSR count). The summed E-state index contributed by atoms with van der Waals surface area (Å²) in [6, 6.07) is 17.0. The number of amides is 2. The van der Waals surface area contributed by atoms with Gasteiger partial charge in [-0.2, -0.15) is 0 Å². The third kappa shape index (κ3) is 3.66. The van der Waals surface area contributed by atoms with Gasteiger partial charge in [0.2, 0.25) is 5.91 Å². The first kappa shape index (κ1) is 16.7.